The van der Waals surface area contributed by atoms with Gasteiger partial charge in [0.1, 0.15) is 13.2 Å². The Labute approximate surface area is 503 Å². The van der Waals surface area contributed by atoms with Crippen LogP contribution in [0.5, 0.6) is 0 Å². The Morgan fingerprint density at radius 2 is 0.753 bits per heavy atom. The fourth-order valence-electron chi connectivity index (χ4n) is 10.1. The zero-order valence-electron chi connectivity index (χ0n) is 54.0. The molecule has 1 amide bonds. The zero-order chi connectivity index (χ0) is 59.1. The van der Waals surface area contributed by atoms with Gasteiger partial charge in [0.15, 0.2) is 0 Å². The highest BCUT2D eigenvalue weighted by atomic mass is 31.2. The Morgan fingerprint density at radius 3 is 1.10 bits per heavy atom. The highest BCUT2D eigenvalue weighted by molar-refractivity contribution is 7.45. The third-order valence-corrected chi connectivity index (χ3v) is 16.4. The monoisotopic (exact) mass is 1150 g/mol. The van der Waals surface area contributed by atoms with Crippen molar-refractivity contribution in [3.05, 3.63) is 85.1 Å². The molecule has 2 N–H and O–H groups in total. The standard InChI is InChI=1S/C72H133N2O6P/c1-6-8-10-12-14-16-18-20-22-24-26-28-29-30-31-32-33-34-35-36-37-38-39-40-41-42-43-44-45-46-48-50-52-54-56-58-60-62-64-66-72(76)73-70(69-80-81(77,78)79-68-67-74(3,4)5)71(75)65-63-61-59-57-55-53-51-49-47-27-25-23-21-19-17-15-13-11-9-7-2/h8,10,14,16,20,22,26,28,30-31,33-34,36-37,70-71,75H,6-7,9,11-13,15,17-19,21,23-25,27,29,32,35,38-69H2,1-5H3,(H-,73,76,77,78)/b10-8-,16-14-,22-20-,28-26-,31-30-,34-33-,37-36-. The van der Waals surface area contributed by atoms with Crippen LogP contribution in [0.2, 0.25) is 0 Å². The minimum absolute atomic E-state index is 0.0115. The molecule has 81 heavy (non-hydrogen) atoms. The van der Waals surface area contributed by atoms with E-state index in [0.717, 1.165) is 83.5 Å². The molecule has 0 heterocycles. The molecule has 0 aromatic carbocycles. The highest BCUT2D eigenvalue weighted by Crippen LogP contribution is 2.38. The maximum absolute atomic E-state index is 13.0. The van der Waals surface area contributed by atoms with Gasteiger partial charge in [-0.15, -0.1) is 0 Å². The van der Waals surface area contributed by atoms with E-state index in [4.69, 9.17) is 9.05 Å². The van der Waals surface area contributed by atoms with Crippen molar-refractivity contribution >= 4 is 13.7 Å². The van der Waals surface area contributed by atoms with E-state index in [0.29, 0.717) is 23.9 Å². The van der Waals surface area contributed by atoms with Gasteiger partial charge in [-0.2, -0.15) is 0 Å². The molecule has 0 bridgehead atoms. The van der Waals surface area contributed by atoms with Crippen LogP contribution in [0.3, 0.4) is 0 Å². The van der Waals surface area contributed by atoms with Crippen molar-refractivity contribution in [2.75, 3.05) is 40.9 Å². The third kappa shape index (κ3) is 65.1. The summed E-state index contributed by atoms with van der Waals surface area (Å²) >= 11 is 0. The molecule has 3 atom stereocenters. The topological polar surface area (TPSA) is 108 Å². The quantitative estimate of drug-likeness (QED) is 0.0272. The van der Waals surface area contributed by atoms with Gasteiger partial charge in [0.05, 0.1) is 39.9 Å². The number of nitrogens with one attached hydrogen (secondary N) is 1. The number of phosphoric ester groups is 1. The molecule has 0 radical (unpaired) electrons. The van der Waals surface area contributed by atoms with Crippen LogP contribution in [0.25, 0.3) is 0 Å². The molecule has 8 nitrogen and oxygen atoms in total. The average Bonchev–Trinajstić information content (AvgIpc) is 3.43. The summed E-state index contributed by atoms with van der Waals surface area (Å²) in [6.45, 7) is 4.64. The van der Waals surface area contributed by atoms with Crippen molar-refractivity contribution in [2.24, 2.45) is 0 Å². The molecule has 0 aliphatic carbocycles. The van der Waals surface area contributed by atoms with E-state index in [1.54, 1.807) is 0 Å². The first-order valence-electron chi connectivity index (χ1n) is 34.4. The van der Waals surface area contributed by atoms with Gasteiger partial charge in [-0.25, -0.2) is 0 Å². The number of rotatable bonds is 63. The summed E-state index contributed by atoms with van der Waals surface area (Å²) in [6.07, 6.45) is 87.9. The van der Waals surface area contributed by atoms with Crippen LogP contribution in [-0.2, 0) is 18.4 Å². The Bertz CT molecular complexity index is 1600. The second-order valence-electron chi connectivity index (χ2n) is 24.5. The number of unbranched alkanes of at least 4 members (excludes halogenated alkanes) is 36. The summed E-state index contributed by atoms with van der Waals surface area (Å²) in [5, 5.41) is 14.1. The number of amides is 1. The summed E-state index contributed by atoms with van der Waals surface area (Å²) in [5.74, 6) is -0.162. The summed E-state index contributed by atoms with van der Waals surface area (Å²) < 4.78 is 23.5. The molecule has 0 aromatic rings. The highest BCUT2D eigenvalue weighted by Gasteiger charge is 2.24. The minimum atomic E-state index is -4.58. The van der Waals surface area contributed by atoms with Crippen LogP contribution in [-0.4, -0.2) is 68.5 Å². The first-order valence-corrected chi connectivity index (χ1v) is 35.9. The molecular weight excluding hydrogens is 1020 g/mol. The fraction of sp³-hybridized carbons (Fsp3) is 0.792. The number of likely N-dealkylation sites (N-methyl/N-ethyl adjacent to an activating group) is 1. The minimum Gasteiger partial charge on any atom is -0.756 e. The largest absolute Gasteiger partial charge is 0.756 e. The van der Waals surface area contributed by atoms with Crippen LogP contribution < -0.4 is 10.2 Å². The number of hydrogen-bond donors (Lipinski definition) is 2. The summed E-state index contributed by atoms with van der Waals surface area (Å²) in [6, 6.07) is -0.804. The van der Waals surface area contributed by atoms with Crippen molar-refractivity contribution in [3.8, 4) is 0 Å². The van der Waals surface area contributed by atoms with Crippen molar-refractivity contribution in [2.45, 2.75) is 328 Å². The SMILES string of the molecule is CC/C=C\C/C=C\C/C=C\C/C=C\C/C=C\C/C=C\C/C=C\CCCCCCCCCCCCCCCCCCCC(=O)NC(COP(=O)([O-])OCC[N+](C)(C)C)C(O)CCCCCCCCCCCCCCCCCCCCCC. The van der Waals surface area contributed by atoms with Gasteiger partial charge in [0.2, 0.25) is 5.91 Å². The number of hydrogen-bond acceptors (Lipinski definition) is 6. The lowest BCUT2D eigenvalue weighted by Crippen LogP contribution is -2.46. The zero-order valence-corrected chi connectivity index (χ0v) is 54.9. The Balaban J connectivity index is 3.99. The molecule has 472 valence electrons. The number of phosphoric acid groups is 1. The van der Waals surface area contributed by atoms with Gasteiger partial charge in [0, 0.05) is 6.42 Å². The van der Waals surface area contributed by atoms with E-state index >= 15 is 0 Å². The van der Waals surface area contributed by atoms with Crippen molar-refractivity contribution < 1.29 is 32.9 Å². The summed E-state index contributed by atoms with van der Waals surface area (Å²) in [4.78, 5) is 25.6. The number of aliphatic hydroxyl groups is 1. The third-order valence-electron chi connectivity index (χ3n) is 15.4. The molecule has 0 fully saturated rings. The van der Waals surface area contributed by atoms with Crippen molar-refractivity contribution in [1.82, 2.24) is 5.32 Å². The van der Waals surface area contributed by atoms with Crippen LogP contribution in [0.4, 0.5) is 0 Å². The first-order chi connectivity index (χ1) is 39.5. The van der Waals surface area contributed by atoms with E-state index in [9.17, 15) is 19.4 Å². The second kappa shape index (κ2) is 62.2. The molecule has 0 saturated carbocycles. The molecule has 0 rings (SSSR count). The van der Waals surface area contributed by atoms with Crippen LogP contribution >= 0.6 is 7.82 Å². The smallest absolute Gasteiger partial charge is 0.268 e. The number of allylic oxidation sites excluding steroid dienone is 14. The summed E-state index contributed by atoms with van der Waals surface area (Å²) in [7, 11) is 1.31. The maximum Gasteiger partial charge on any atom is 0.268 e. The Hall–Kier alpha value is -2.32. The Morgan fingerprint density at radius 1 is 0.444 bits per heavy atom. The number of carbonyl (C=O) groups is 1. The number of nitrogens with zero attached hydrogens (tertiary/aromatic N) is 1. The van der Waals surface area contributed by atoms with Gasteiger partial charge in [-0.05, 0) is 70.6 Å². The lowest BCUT2D eigenvalue weighted by Gasteiger charge is -2.30. The molecule has 0 aliphatic rings. The predicted octanol–water partition coefficient (Wildman–Crippen LogP) is 21.3. The van der Waals surface area contributed by atoms with Crippen molar-refractivity contribution in [3.63, 3.8) is 0 Å². The first kappa shape index (κ1) is 78.7. The van der Waals surface area contributed by atoms with E-state index in [1.807, 2.05) is 21.1 Å². The Kier molecular flexibility index (Phi) is 60.4. The van der Waals surface area contributed by atoms with E-state index in [2.05, 4.69) is 104 Å². The lowest BCUT2D eigenvalue weighted by atomic mass is 10.0. The normalized spacial score (nSPS) is 14.2. The van der Waals surface area contributed by atoms with E-state index in [-0.39, 0.29) is 19.1 Å². The van der Waals surface area contributed by atoms with Crippen LogP contribution in [0.1, 0.15) is 316 Å². The predicted molar refractivity (Wildman–Crippen MR) is 353 cm³/mol. The number of quaternary nitrogens is 1. The van der Waals surface area contributed by atoms with E-state index < -0.39 is 20.0 Å². The van der Waals surface area contributed by atoms with Gasteiger partial charge in [0.25, 0.3) is 7.82 Å². The fourth-order valence-corrected chi connectivity index (χ4v) is 10.8. The van der Waals surface area contributed by atoms with Gasteiger partial charge in [-0.1, -0.05) is 324 Å². The molecule has 9 heteroatoms. The number of carbonyl (C=O) groups excluding carboxylic acids is 1. The molecule has 0 spiro atoms. The summed E-state index contributed by atoms with van der Waals surface area (Å²) in [5.41, 5.74) is 0. The van der Waals surface area contributed by atoms with E-state index in [1.165, 1.54) is 205 Å². The molecule has 3 unspecified atom stereocenters. The average molecular weight is 1150 g/mol. The van der Waals surface area contributed by atoms with Gasteiger partial charge < -0.3 is 28.8 Å². The molecule has 0 aromatic heterocycles. The van der Waals surface area contributed by atoms with Crippen LogP contribution in [0.15, 0.2) is 85.1 Å². The molecule has 0 saturated heterocycles. The van der Waals surface area contributed by atoms with Crippen LogP contribution in [0, 0.1) is 0 Å². The number of aliphatic hydroxyl groups excluding tert-OH is 1. The molecule has 0 aliphatic heterocycles. The lowest BCUT2D eigenvalue weighted by molar-refractivity contribution is -0.870. The van der Waals surface area contributed by atoms with Crippen molar-refractivity contribution in [1.29, 1.82) is 0 Å². The second-order valence-corrected chi connectivity index (χ2v) is 25.9. The van der Waals surface area contributed by atoms with Gasteiger partial charge >= 0.3 is 0 Å². The molecular formula is C72H133N2O6P. The maximum atomic E-state index is 13.0. The van der Waals surface area contributed by atoms with Gasteiger partial charge in [-0.3, -0.25) is 9.36 Å².